The fourth-order valence-corrected chi connectivity index (χ4v) is 3.31. The lowest BCUT2D eigenvalue weighted by Crippen LogP contribution is -2.35. The fraction of sp³-hybridized carbons (Fsp3) is 0.400. The van der Waals surface area contributed by atoms with Crippen LogP contribution in [0.3, 0.4) is 0 Å². The van der Waals surface area contributed by atoms with Crippen molar-refractivity contribution >= 4 is 5.91 Å². The highest BCUT2D eigenvalue weighted by Gasteiger charge is 2.23. The molecule has 2 heterocycles. The Morgan fingerprint density at radius 2 is 2.08 bits per heavy atom. The van der Waals surface area contributed by atoms with E-state index in [0.29, 0.717) is 12.3 Å². The SMILES string of the molecule is COc1ccc(C2CCCCN(C(=O)Cc3cccnc3)C2)cc1. The van der Waals surface area contributed by atoms with Crippen LogP contribution in [0, 0.1) is 0 Å². The van der Waals surface area contributed by atoms with Crippen LogP contribution in [-0.4, -0.2) is 36.0 Å². The van der Waals surface area contributed by atoms with E-state index in [-0.39, 0.29) is 5.91 Å². The van der Waals surface area contributed by atoms with Gasteiger partial charge in [-0.15, -0.1) is 0 Å². The van der Waals surface area contributed by atoms with Crippen molar-refractivity contribution in [1.29, 1.82) is 0 Å². The first-order valence-corrected chi connectivity index (χ1v) is 8.57. The summed E-state index contributed by atoms with van der Waals surface area (Å²) in [7, 11) is 1.68. The van der Waals surface area contributed by atoms with Crippen molar-refractivity contribution in [2.24, 2.45) is 0 Å². The van der Waals surface area contributed by atoms with Crippen LogP contribution in [-0.2, 0) is 11.2 Å². The molecule has 1 atom stereocenters. The summed E-state index contributed by atoms with van der Waals surface area (Å²) in [6.45, 7) is 1.65. The summed E-state index contributed by atoms with van der Waals surface area (Å²) in [6.07, 6.45) is 7.31. The van der Waals surface area contributed by atoms with Crippen LogP contribution in [0.1, 0.15) is 36.3 Å². The zero-order valence-electron chi connectivity index (χ0n) is 14.1. The van der Waals surface area contributed by atoms with Gasteiger partial charge in [0.1, 0.15) is 5.75 Å². The molecule has 1 aliphatic heterocycles. The van der Waals surface area contributed by atoms with Crippen molar-refractivity contribution in [3.63, 3.8) is 0 Å². The first-order valence-electron chi connectivity index (χ1n) is 8.57. The molecular weight excluding hydrogens is 300 g/mol. The minimum atomic E-state index is 0.198. The van der Waals surface area contributed by atoms with Crippen LogP contribution in [0.5, 0.6) is 5.75 Å². The van der Waals surface area contributed by atoms with E-state index in [2.05, 4.69) is 17.1 Å². The first-order chi connectivity index (χ1) is 11.8. The highest BCUT2D eigenvalue weighted by Crippen LogP contribution is 2.28. The Kier molecular flexibility index (Phi) is 5.47. The summed E-state index contributed by atoms with van der Waals surface area (Å²) in [6, 6.07) is 12.1. The molecule has 1 aromatic carbocycles. The van der Waals surface area contributed by atoms with E-state index in [9.17, 15) is 4.79 Å². The molecule has 1 aromatic heterocycles. The molecule has 126 valence electrons. The lowest BCUT2D eigenvalue weighted by atomic mass is 9.94. The molecule has 0 aliphatic carbocycles. The molecule has 4 heteroatoms. The zero-order valence-corrected chi connectivity index (χ0v) is 14.1. The molecule has 1 unspecified atom stereocenters. The standard InChI is InChI=1S/C20H24N2O2/c1-24-19-9-7-17(8-10-19)18-6-2-3-12-22(15-18)20(23)13-16-5-4-11-21-14-16/h4-5,7-11,14,18H,2-3,6,12-13,15H2,1H3. The summed E-state index contributed by atoms with van der Waals surface area (Å²) in [5, 5.41) is 0. The van der Waals surface area contributed by atoms with Crippen LogP contribution >= 0.6 is 0 Å². The van der Waals surface area contributed by atoms with Crippen molar-refractivity contribution in [3.8, 4) is 5.75 Å². The highest BCUT2D eigenvalue weighted by atomic mass is 16.5. The van der Waals surface area contributed by atoms with Crippen LogP contribution in [0.15, 0.2) is 48.8 Å². The minimum absolute atomic E-state index is 0.198. The Bertz CT molecular complexity index is 655. The second-order valence-electron chi connectivity index (χ2n) is 6.34. The predicted octanol–water partition coefficient (Wildman–Crippen LogP) is 3.43. The number of aromatic nitrogens is 1. The average molecular weight is 324 g/mol. The van der Waals surface area contributed by atoms with E-state index in [1.807, 2.05) is 29.2 Å². The highest BCUT2D eigenvalue weighted by molar-refractivity contribution is 5.78. The summed E-state index contributed by atoms with van der Waals surface area (Å²) in [5.41, 5.74) is 2.27. The number of ether oxygens (including phenoxy) is 1. The van der Waals surface area contributed by atoms with Crippen LogP contribution in [0.2, 0.25) is 0 Å². The van der Waals surface area contributed by atoms with Crippen LogP contribution in [0.4, 0.5) is 0 Å². The number of carbonyl (C=O) groups is 1. The maximum Gasteiger partial charge on any atom is 0.227 e. The molecule has 1 amide bonds. The summed E-state index contributed by atoms with van der Waals surface area (Å²) >= 11 is 0. The van der Waals surface area contributed by atoms with Gasteiger partial charge in [-0.2, -0.15) is 0 Å². The van der Waals surface area contributed by atoms with Crippen LogP contribution in [0.25, 0.3) is 0 Å². The third-order valence-electron chi connectivity index (χ3n) is 4.69. The molecule has 2 aromatic rings. The molecule has 3 rings (SSSR count). The Morgan fingerprint density at radius 1 is 1.25 bits per heavy atom. The van der Waals surface area contributed by atoms with Crippen molar-refractivity contribution < 1.29 is 9.53 Å². The molecule has 0 saturated carbocycles. The Hall–Kier alpha value is -2.36. The van der Waals surface area contributed by atoms with Gasteiger partial charge >= 0.3 is 0 Å². The molecule has 0 spiro atoms. The second-order valence-corrected chi connectivity index (χ2v) is 6.34. The fourth-order valence-electron chi connectivity index (χ4n) is 3.31. The topological polar surface area (TPSA) is 42.4 Å². The van der Waals surface area contributed by atoms with Gasteiger partial charge in [-0.05, 0) is 42.2 Å². The maximum atomic E-state index is 12.7. The number of amides is 1. The van der Waals surface area contributed by atoms with Gasteiger partial charge < -0.3 is 9.64 Å². The molecule has 1 fully saturated rings. The van der Waals surface area contributed by atoms with Gasteiger partial charge in [0.05, 0.1) is 13.5 Å². The first kappa shape index (κ1) is 16.5. The Morgan fingerprint density at radius 3 is 2.79 bits per heavy atom. The lowest BCUT2D eigenvalue weighted by Gasteiger charge is -2.25. The molecule has 1 saturated heterocycles. The molecule has 4 nitrogen and oxygen atoms in total. The number of carbonyl (C=O) groups excluding carboxylic acids is 1. The summed E-state index contributed by atoms with van der Waals surface area (Å²) in [5.74, 6) is 1.47. The van der Waals surface area contributed by atoms with E-state index in [1.165, 1.54) is 5.56 Å². The molecule has 1 aliphatic rings. The van der Waals surface area contributed by atoms with E-state index >= 15 is 0 Å². The molecule has 0 N–H and O–H groups in total. The minimum Gasteiger partial charge on any atom is -0.497 e. The van der Waals surface area contributed by atoms with Gasteiger partial charge in [0.25, 0.3) is 0 Å². The van der Waals surface area contributed by atoms with Gasteiger partial charge in [0.2, 0.25) is 5.91 Å². The number of benzene rings is 1. The number of likely N-dealkylation sites (tertiary alicyclic amines) is 1. The zero-order chi connectivity index (χ0) is 16.8. The monoisotopic (exact) mass is 324 g/mol. The summed E-state index contributed by atoms with van der Waals surface area (Å²) in [4.78, 5) is 18.8. The average Bonchev–Trinajstić information content (AvgIpc) is 2.89. The normalized spacial score (nSPS) is 18.0. The largest absolute Gasteiger partial charge is 0.497 e. The predicted molar refractivity (Wildman–Crippen MR) is 94.1 cm³/mol. The number of pyridine rings is 1. The van der Waals surface area contributed by atoms with Gasteiger partial charge in [0.15, 0.2) is 0 Å². The van der Waals surface area contributed by atoms with Crippen molar-refractivity contribution in [2.45, 2.75) is 31.6 Å². The maximum absolute atomic E-state index is 12.7. The van der Waals surface area contributed by atoms with Gasteiger partial charge in [-0.25, -0.2) is 0 Å². The van der Waals surface area contributed by atoms with E-state index < -0.39 is 0 Å². The number of hydrogen-bond acceptors (Lipinski definition) is 3. The van der Waals surface area contributed by atoms with E-state index in [1.54, 1.807) is 19.5 Å². The Balaban J connectivity index is 1.68. The number of rotatable bonds is 4. The van der Waals surface area contributed by atoms with E-state index in [0.717, 1.165) is 43.7 Å². The molecule has 0 bridgehead atoms. The van der Waals surface area contributed by atoms with Gasteiger partial charge in [-0.1, -0.05) is 24.6 Å². The number of methoxy groups -OCH3 is 1. The third-order valence-corrected chi connectivity index (χ3v) is 4.69. The summed E-state index contributed by atoms with van der Waals surface area (Å²) < 4.78 is 5.24. The van der Waals surface area contributed by atoms with E-state index in [4.69, 9.17) is 4.74 Å². The second kappa shape index (κ2) is 7.95. The van der Waals surface area contributed by atoms with Gasteiger partial charge in [0, 0.05) is 31.4 Å². The van der Waals surface area contributed by atoms with Crippen molar-refractivity contribution in [1.82, 2.24) is 9.88 Å². The lowest BCUT2D eigenvalue weighted by molar-refractivity contribution is -0.130. The third kappa shape index (κ3) is 4.13. The van der Waals surface area contributed by atoms with Crippen molar-refractivity contribution in [2.75, 3.05) is 20.2 Å². The van der Waals surface area contributed by atoms with Crippen LogP contribution < -0.4 is 4.74 Å². The number of hydrogen-bond donors (Lipinski definition) is 0. The Labute approximate surface area is 143 Å². The number of nitrogens with zero attached hydrogens (tertiary/aromatic N) is 2. The van der Waals surface area contributed by atoms with Gasteiger partial charge in [-0.3, -0.25) is 9.78 Å². The molecule has 24 heavy (non-hydrogen) atoms. The molecule has 0 radical (unpaired) electrons. The molecular formula is C20H24N2O2. The quantitative estimate of drug-likeness (QED) is 0.865. The smallest absolute Gasteiger partial charge is 0.227 e. The van der Waals surface area contributed by atoms with Crippen molar-refractivity contribution in [3.05, 3.63) is 59.9 Å².